The van der Waals surface area contributed by atoms with Crippen molar-refractivity contribution in [2.45, 2.75) is 6.10 Å². The SMILES string of the molecule is COCC(O)CN(C)C(=O)Nc1ccccc1N(C)C. The molecule has 2 amide bonds. The number of rotatable bonds is 6. The van der Waals surface area contributed by atoms with E-state index in [1.54, 1.807) is 7.05 Å². The Kier molecular flexibility index (Phi) is 6.27. The van der Waals surface area contributed by atoms with Crippen LogP contribution < -0.4 is 10.2 Å². The van der Waals surface area contributed by atoms with Gasteiger partial charge in [0.15, 0.2) is 0 Å². The van der Waals surface area contributed by atoms with E-state index in [9.17, 15) is 9.90 Å². The number of para-hydroxylation sites is 2. The van der Waals surface area contributed by atoms with Crippen molar-refractivity contribution in [2.75, 3.05) is 51.6 Å². The van der Waals surface area contributed by atoms with Crippen LogP contribution in [0.25, 0.3) is 0 Å². The van der Waals surface area contributed by atoms with E-state index in [0.717, 1.165) is 11.4 Å². The normalized spacial score (nSPS) is 11.8. The largest absolute Gasteiger partial charge is 0.389 e. The van der Waals surface area contributed by atoms with Gasteiger partial charge in [0.25, 0.3) is 0 Å². The van der Waals surface area contributed by atoms with Gasteiger partial charge in [-0.25, -0.2) is 4.79 Å². The van der Waals surface area contributed by atoms with Crippen molar-refractivity contribution < 1.29 is 14.6 Å². The van der Waals surface area contributed by atoms with Gasteiger partial charge < -0.3 is 25.0 Å². The first-order valence-electron chi connectivity index (χ1n) is 6.41. The molecule has 1 aromatic rings. The fraction of sp³-hybridized carbons (Fsp3) is 0.500. The maximum Gasteiger partial charge on any atom is 0.321 e. The van der Waals surface area contributed by atoms with Gasteiger partial charge in [0.2, 0.25) is 0 Å². The van der Waals surface area contributed by atoms with E-state index in [4.69, 9.17) is 4.74 Å². The summed E-state index contributed by atoms with van der Waals surface area (Å²) in [5.41, 5.74) is 1.65. The van der Waals surface area contributed by atoms with E-state index in [-0.39, 0.29) is 19.2 Å². The van der Waals surface area contributed by atoms with Crippen LogP contribution in [0.4, 0.5) is 16.2 Å². The number of likely N-dealkylation sites (N-methyl/N-ethyl adjacent to an activating group) is 1. The van der Waals surface area contributed by atoms with Crippen molar-refractivity contribution >= 4 is 17.4 Å². The fourth-order valence-corrected chi connectivity index (χ4v) is 1.82. The van der Waals surface area contributed by atoms with Crippen LogP contribution in [0.3, 0.4) is 0 Å². The van der Waals surface area contributed by atoms with Crippen LogP contribution in [0.1, 0.15) is 0 Å². The second-order valence-corrected chi connectivity index (χ2v) is 4.83. The molecule has 0 fully saturated rings. The summed E-state index contributed by atoms with van der Waals surface area (Å²) < 4.78 is 4.84. The van der Waals surface area contributed by atoms with Crippen LogP contribution >= 0.6 is 0 Å². The first-order valence-corrected chi connectivity index (χ1v) is 6.41. The minimum atomic E-state index is -0.695. The van der Waals surface area contributed by atoms with Crippen molar-refractivity contribution in [3.8, 4) is 0 Å². The summed E-state index contributed by atoms with van der Waals surface area (Å²) in [5, 5.41) is 12.5. The number of anilines is 2. The number of nitrogens with one attached hydrogen (secondary N) is 1. The van der Waals surface area contributed by atoms with Crippen molar-refractivity contribution in [1.29, 1.82) is 0 Å². The Labute approximate surface area is 119 Å². The third-order valence-corrected chi connectivity index (χ3v) is 2.82. The molecule has 0 aromatic heterocycles. The molecule has 6 nitrogen and oxygen atoms in total. The zero-order valence-electron chi connectivity index (χ0n) is 12.5. The number of ether oxygens (including phenoxy) is 1. The minimum Gasteiger partial charge on any atom is -0.389 e. The summed E-state index contributed by atoms with van der Waals surface area (Å²) in [6.45, 7) is 0.412. The summed E-state index contributed by atoms with van der Waals surface area (Å²) in [4.78, 5) is 15.4. The van der Waals surface area contributed by atoms with Crippen LogP contribution in [0, 0.1) is 0 Å². The molecule has 0 saturated heterocycles. The second kappa shape index (κ2) is 7.72. The Morgan fingerprint density at radius 2 is 2.00 bits per heavy atom. The minimum absolute atomic E-state index is 0.200. The van der Waals surface area contributed by atoms with Gasteiger partial charge in [-0.05, 0) is 12.1 Å². The Hall–Kier alpha value is -1.79. The molecule has 1 aromatic carbocycles. The predicted octanol–water partition coefficient (Wildman–Crippen LogP) is 1.22. The number of carbonyl (C=O) groups is 1. The molecule has 112 valence electrons. The van der Waals surface area contributed by atoms with Gasteiger partial charge in [0.1, 0.15) is 0 Å². The summed E-state index contributed by atoms with van der Waals surface area (Å²) in [6.07, 6.45) is -0.695. The number of amides is 2. The van der Waals surface area contributed by atoms with E-state index < -0.39 is 6.10 Å². The van der Waals surface area contributed by atoms with E-state index in [1.165, 1.54) is 12.0 Å². The molecule has 0 aliphatic carbocycles. The van der Waals surface area contributed by atoms with Crippen LogP contribution in [-0.2, 0) is 4.74 Å². The molecule has 0 aliphatic heterocycles. The topological polar surface area (TPSA) is 65.0 Å². The first kappa shape index (κ1) is 16.3. The highest BCUT2D eigenvalue weighted by Gasteiger charge is 2.15. The van der Waals surface area contributed by atoms with E-state index in [1.807, 2.05) is 43.3 Å². The van der Waals surface area contributed by atoms with E-state index in [0.29, 0.717) is 0 Å². The number of hydrogen-bond donors (Lipinski definition) is 2. The lowest BCUT2D eigenvalue weighted by molar-refractivity contribution is 0.0501. The maximum atomic E-state index is 12.1. The molecule has 0 bridgehead atoms. The molecule has 1 atom stereocenters. The van der Waals surface area contributed by atoms with E-state index >= 15 is 0 Å². The number of aliphatic hydroxyl groups is 1. The van der Waals surface area contributed by atoms with Gasteiger partial charge in [-0.3, -0.25) is 0 Å². The van der Waals surface area contributed by atoms with Crippen LogP contribution in [0.2, 0.25) is 0 Å². The Bertz CT molecular complexity index is 437. The number of benzene rings is 1. The van der Waals surface area contributed by atoms with Gasteiger partial charge in [-0.1, -0.05) is 12.1 Å². The first-order chi connectivity index (χ1) is 9.45. The Balaban J connectivity index is 2.66. The summed E-state index contributed by atoms with van der Waals surface area (Å²) in [7, 11) is 6.97. The number of carbonyl (C=O) groups excluding carboxylic acids is 1. The number of aliphatic hydroxyl groups excluding tert-OH is 1. The van der Waals surface area contributed by atoms with Gasteiger partial charge in [0, 0.05) is 28.3 Å². The highest BCUT2D eigenvalue weighted by Crippen LogP contribution is 2.23. The molecular weight excluding hydrogens is 258 g/mol. The van der Waals surface area contributed by atoms with Crippen LogP contribution in [0.15, 0.2) is 24.3 Å². The average molecular weight is 281 g/mol. The monoisotopic (exact) mass is 281 g/mol. The summed E-state index contributed by atoms with van der Waals surface area (Å²) in [6, 6.07) is 7.27. The molecule has 20 heavy (non-hydrogen) atoms. The molecule has 1 rings (SSSR count). The molecule has 0 heterocycles. The predicted molar refractivity (Wildman–Crippen MR) is 80.3 cm³/mol. The number of methoxy groups -OCH3 is 1. The number of urea groups is 1. The van der Waals surface area contributed by atoms with Crippen LogP contribution in [-0.4, -0.2) is 63.5 Å². The molecule has 1 unspecified atom stereocenters. The third-order valence-electron chi connectivity index (χ3n) is 2.82. The highest BCUT2D eigenvalue weighted by atomic mass is 16.5. The average Bonchev–Trinajstić information content (AvgIpc) is 2.39. The molecule has 0 saturated carbocycles. The number of nitrogens with zero attached hydrogens (tertiary/aromatic N) is 2. The van der Waals surface area contributed by atoms with Crippen molar-refractivity contribution in [3.05, 3.63) is 24.3 Å². The zero-order valence-corrected chi connectivity index (χ0v) is 12.5. The third kappa shape index (κ3) is 4.71. The quantitative estimate of drug-likeness (QED) is 0.823. The number of hydrogen-bond acceptors (Lipinski definition) is 4. The standard InChI is InChI=1S/C14H23N3O3/c1-16(2)13-8-6-5-7-12(13)15-14(19)17(3)9-11(18)10-20-4/h5-8,11,18H,9-10H2,1-4H3,(H,15,19). The van der Waals surface area contributed by atoms with Crippen molar-refractivity contribution in [3.63, 3.8) is 0 Å². The smallest absolute Gasteiger partial charge is 0.321 e. The summed E-state index contributed by atoms with van der Waals surface area (Å²) >= 11 is 0. The highest BCUT2D eigenvalue weighted by molar-refractivity contribution is 5.93. The van der Waals surface area contributed by atoms with Gasteiger partial charge in [-0.15, -0.1) is 0 Å². The molecule has 0 aliphatic rings. The lowest BCUT2D eigenvalue weighted by Crippen LogP contribution is -2.38. The van der Waals surface area contributed by atoms with Gasteiger partial charge >= 0.3 is 6.03 Å². The molecule has 2 N–H and O–H groups in total. The van der Waals surface area contributed by atoms with Gasteiger partial charge in [0.05, 0.1) is 30.6 Å². The lowest BCUT2D eigenvalue weighted by Gasteiger charge is -2.23. The van der Waals surface area contributed by atoms with E-state index in [2.05, 4.69) is 5.32 Å². The fourth-order valence-electron chi connectivity index (χ4n) is 1.82. The Morgan fingerprint density at radius 3 is 2.60 bits per heavy atom. The second-order valence-electron chi connectivity index (χ2n) is 4.83. The van der Waals surface area contributed by atoms with Crippen molar-refractivity contribution in [1.82, 2.24) is 4.90 Å². The van der Waals surface area contributed by atoms with Crippen LogP contribution in [0.5, 0.6) is 0 Å². The lowest BCUT2D eigenvalue weighted by atomic mass is 10.2. The molecule has 6 heteroatoms. The summed E-state index contributed by atoms with van der Waals surface area (Å²) in [5.74, 6) is 0. The molecule has 0 radical (unpaired) electrons. The molecular formula is C14H23N3O3. The maximum absolute atomic E-state index is 12.1. The zero-order chi connectivity index (χ0) is 15.1. The Morgan fingerprint density at radius 1 is 1.35 bits per heavy atom. The molecule has 0 spiro atoms. The van der Waals surface area contributed by atoms with Crippen molar-refractivity contribution in [2.24, 2.45) is 0 Å². The van der Waals surface area contributed by atoms with Gasteiger partial charge in [-0.2, -0.15) is 0 Å².